The van der Waals surface area contributed by atoms with Crippen LogP contribution in [-0.4, -0.2) is 40.6 Å². The summed E-state index contributed by atoms with van der Waals surface area (Å²) in [6.45, 7) is 3.78. The first-order valence-corrected chi connectivity index (χ1v) is 6.63. The molecule has 0 spiro atoms. The van der Waals surface area contributed by atoms with Crippen LogP contribution >= 0.6 is 0 Å². The number of carbonyl (C=O) groups is 1. The molecule has 0 radical (unpaired) electrons. The molecular formula is C14H16N4O2. The van der Waals surface area contributed by atoms with Crippen molar-refractivity contribution in [2.24, 2.45) is 0 Å². The summed E-state index contributed by atoms with van der Waals surface area (Å²) < 4.78 is 5.72. The van der Waals surface area contributed by atoms with E-state index in [1.807, 2.05) is 42.2 Å². The number of rotatable bonds is 3. The minimum absolute atomic E-state index is 0.0332. The number of nitrogens with zero attached hydrogens (tertiary/aromatic N) is 3. The topological polar surface area (TPSA) is 71.3 Å². The maximum Gasteiger partial charge on any atom is 0.247 e. The molecule has 1 N–H and O–H groups in total. The SMILES string of the molecule is C[C@@H](c1nnc(-c2ccccc2)o1)N1CCNC(=O)C1. The van der Waals surface area contributed by atoms with Crippen LogP contribution in [-0.2, 0) is 4.79 Å². The van der Waals surface area contributed by atoms with Crippen LogP contribution in [0.2, 0.25) is 0 Å². The Morgan fingerprint density at radius 3 is 2.85 bits per heavy atom. The zero-order chi connectivity index (χ0) is 13.9. The number of carbonyl (C=O) groups excluding carboxylic acids is 1. The Labute approximate surface area is 116 Å². The van der Waals surface area contributed by atoms with Gasteiger partial charge in [-0.05, 0) is 19.1 Å². The monoisotopic (exact) mass is 272 g/mol. The van der Waals surface area contributed by atoms with E-state index in [-0.39, 0.29) is 11.9 Å². The van der Waals surface area contributed by atoms with Crippen LogP contribution in [0.25, 0.3) is 11.5 Å². The number of hydrogen-bond donors (Lipinski definition) is 1. The molecule has 0 unspecified atom stereocenters. The number of hydrogen-bond acceptors (Lipinski definition) is 5. The molecule has 6 heteroatoms. The molecule has 0 bridgehead atoms. The standard InChI is InChI=1S/C14H16N4O2/c1-10(18-8-7-15-12(19)9-18)13-16-17-14(20-13)11-5-3-2-4-6-11/h2-6,10H,7-9H2,1H3,(H,15,19)/t10-/m0/s1. The fourth-order valence-electron chi connectivity index (χ4n) is 2.25. The zero-order valence-electron chi connectivity index (χ0n) is 11.2. The van der Waals surface area contributed by atoms with Crippen LogP contribution in [0, 0.1) is 0 Å². The lowest BCUT2D eigenvalue weighted by atomic mass is 10.2. The van der Waals surface area contributed by atoms with Gasteiger partial charge in [0.25, 0.3) is 0 Å². The smallest absolute Gasteiger partial charge is 0.247 e. The minimum Gasteiger partial charge on any atom is -0.419 e. The Kier molecular flexibility index (Phi) is 3.47. The van der Waals surface area contributed by atoms with Crippen molar-refractivity contribution in [3.05, 3.63) is 36.2 Å². The second-order valence-corrected chi connectivity index (χ2v) is 4.81. The van der Waals surface area contributed by atoms with Crippen LogP contribution in [0.4, 0.5) is 0 Å². The molecule has 1 aliphatic heterocycles. The fourth-order valence-corrected chi connectivity index (χ4v) is 2.25. The lowest BCUT2D eigenvalue weighted by molar-refractivity contribution is -0.124. The summed E-state index contributed by atoms with van der Waals surface area (Å²) in [6.07, 6.45) is 0. The number of nitrogens with one attached hydrogen (secondary N) is 1. The maximum absolute atomic E-state index is 11.4. The lowest BCUT2D eigenvalue weighted by Crippen LogP contribution is -2.48. The van der Waals surface area contributed by atoms with Crippen LogP contribution in [0.1, 0.15) is 18.9 Å². The van der Waals surface area contributed by atoms with Crippen molar-refractivity contribution in [2.45, 2.75) is 13.0 Å². The molecule has 6 nitrogen and oxygen atoms in total. The zero-order valence-corrected chi connectivity index (χ0v) is 11.2. The Hall–Kier alpha value is -2.21. The van der Waals surface area contributed by atoms with Crippen LogP contribution in [0.3, 0.4) is 0 Å². The summed E-state index contributed by atoms with van der Waals surface area (Å²) in [6, 6.07) is 9.59. The largest absolute Gasteiger partial charge is 0.419 e. The minimum atomic E-state index is -0.0639. The molecule has 20 heavy (non-hydrogen) atoms. The highest BCUT2D eigenvalue weighted by atomic mass is 16.4. The van der Waals surface area contributed by atoms with Crippen LogP contribution in [0.15, 0.2) is 34.7 Å². The summed E-state index contributed by atoms with van der Waals surface area (Å²) in [4.78, 5) is 13.4. The van der Waals surface area contributed by atoms with Gasteiger partial charge in [-0.2, -0.15) is 0 Å². The van der Waals surface area contributed by atoms with E-state index in [4.69, 9.17) is 4.42 Å². The molecule has 0 saturated carbocycles. The predicted molar refractivity (Wildman–Crippen MR) is 72.7 cm³/mol. The molecule has 0 aliphatic carbocycles. The van der Waals surface area contributed by atoms with Crippen molar-refractivity contribution in [1.29, 1.82) is 0 Å². The lowest BCUT2D eigenvalue weighted by Gasteiger charge is -2.29. The Morgan fingerprint density at radius 1 is 1.30 bits per heavy atom. The number of aromatic nitrogens is 2. The summed E-state index contributed by atoms with van der Waals surface area (Å²) >= 11 is 0. The van der Waals surface area contributed by atoms with E-state index in [2.05, 4.69) is 15.5 Å². The predicted octanol–water partition coefficient (Wildman–Crippen LogP) is 1.23. The number of piperazine rings is 1. The van der Waals surface area contributed by atoms with Gasteiger partial charge in [0.05, 0.1) is 12.6 Å². The van der Waals surface area contributed by atoms with E-state index in [0.29, 0.717) is 24.9 Å². The first-order chi connectivity index (χ1) is 9.74. The van der Waals surface area contributed by atoms with E-state index >= 15 is 0 Å². The van der Waals surface area contributed by atoms with Gasteiger partial charge in [-0.15, -0.1) is 10.2 Å². The van der Waals surface area contributed by atoms with Gasteiger partial charge in [0.2, 0.25) is 17.7 Å². The highest BCUT2D eigenvalue weighted by molar-refractivity contribution is 5.78. The third kappa shape index (κ3) is 2.55. The van der Waals surface area contributed by atoms with Crippen LogP contribution in [0.5, 0.6) is 0 Å². The highest BCUT2D eigenvalue weighted by Gasteiger charge is 2.26. The summed E-state index contributed by atoms with van der Waals surface area (Å²) in [5.41, 5.74) is 0.898. The van der Waals surface area contributed by atoms with E-state index in [9.17, 15) is 4.79 Å². The van der Waals surface area contributed by atoms with Crippen molar-refractivity contribution < 1.29 is 9.21 Å². The maximum atomic E-state index is 11.4. The van der Waals surface area contributed by atoms with E-state index in [0.717, 1.165) is 12.1 Å². The van der Waals surface area contributed by atoms with Crippen LogP contribution < -0.4 is 5.32 Å². The molecule has 1 aromatic carbocycles. The molecule has 1 atom stereocenters. The van der Waals surface area contributed by atoms with Crippen molar-refractivity contribution in [1.82, 2.24) is 20.4 Å². The Morgan fingerprint density at radius 2 is 2.10 bits per heavy atom. The molecule has 2 aromatic rings. The van der Waals surface area contributed by atoms with Gasteiger partial charge in [0, 0.05) is 18.7 Å². The van der Waals surface area contributed by atoms with E-state index in [1.54, 1.807) is 0 Å². The van der Waals surface area contributed by atoms with Crippen molar-refractivity contribution >= 4 is 5.91 Å². The second-order valence-electron chi connectivity index (χ2n) is 4.81. The van der Waals surface area contributed by atoms with Gasteiger partial charge in [0.15, 0.2) is 0 Å². The number of amides is 1. The highest BCUT2D eigenvalue weighted by Crippen LogP contribution is 2.23. The van der Waals surface area contributed by atoms with Crippen molar-refractivity contribution in [2.75, 3.05) is 19.6 Å². The molecule has 1 aromatic heterocycles. The van der Waals surface area contributed by atoms with Crippen molar-refractivity contribution in [3.8, 4) is 11.5 Å². The number of benzene rings is 1. The molecule has 2 heterocycles. The first-order valence-electron chi connectivity index (χ1n) is 6.63. The van der Waals surface area contributed by atoms with Gasteiger partial charge in [-0.3, -0.25) is 9.69 Å². The third-order valence-electron chi connectivity index (χ3n) is 3.43. The fraction of sp³-hybridized carbons (Fsp3) is 0.357. The summed E-state index contributed by atoms with van der Waals surface area (Å²) in [7, 11) is 0. The molecule has 1 saturated heterocycles. The van der Waals surface area contributed by atoms with Gasteiger partial charge in [-0.1, -0.05) is 18.2 Å². The quantitative estimate of drug-likeness (QED) is 0.910. The van der Waals surface area contributed by atoms with Gasteiger partial charge < -0.3 is 9.73 Å². The molecule has 1 amide bonds. The molecular weight excluding hydrogens is 256 g/mol. The Balaban J connectivity index is 1.78. The van der Waals surface area contributed by atoms with E-state index in [1.165, 1.54) is 0 Å². The third-order valence-corrected chi connectivity index (χ3v) is 3.43. The van der Waals surface area contributed by atoms with Crippen molar-refractivity contribution in [3.63, 3.8) is 0 Å². The Bertz CT molecular complexity index is 596. The van der Waals surface area contributed by atoms with Gasteiger partial charge >= 0.3 is 0 Å². The average molecular weight is 272 g/mol. The summed E-state index contributed by atoms with van der Waals surface area (Å²) in [5, 5.41) is 11.0. The molecule has 104 valence electrons. The molecule has 1 fully saturated rings. The van der Waals surface area contributed by atoms with Gasteiger partial charge in [-0.25, -0.2) is 0 Å². The normalized spacial score (nSPS) is 17.8. The molecule has 3 rings (SSSR count). The van der Waals surface area contributed by atoms with E-state index < -0.39 is 0 Å². The summed E-state index contributed by atoms with van der Waals surface area (Å²) in [5.74, 6) is 1.08. The average Bonchev–Trinajstić information content (AvgIpc) is 2.97. The first kappa shape index (κ1) is 12.8. The second kappa shape index (κ2) is 5.42. The van der Waals surface area contributed by atoms with Gasteiger partial charge in [0.1, 0.15) is 0 Å². The molecule has 1 aliphatic rings.